The molecule has 0 amide bonds. The zero-order valence-electron chi connectivity index (χ0n) is 10.4. The van der Waals surface area contributed by atoms with Gasteiger partial charge in [0.05, 0.1) is 12.6 Å². The van der Waals surface area contributed by atoms with Crippen molar-refractivity contribution in [1.29, 1.82) is 0 Å². The fourth-order valence-corrected chi connectivity index (χ4v) is 2.30. The van der Waals surface area contributed by atoms with E-state index in [1.165, 1.54) is 16.7 Å². The van der Waals surface area contributed by atoms with Gasteiger partial charge in [0.1, 0.15) is 6.10 Å². The highest BCUT2D eigenvalue weighted by Crippen LogP contribution is 2.30. The third-order valence-corrected chi connectivity index (χ3v) is 3.06. The van der Waals surface area contributed by atoms with E-state index in [9.17, 15) is 0 Å². The van der Waals surface area contributed by atoms with Gasteiger partial charge in [-0.2, -0.15) is 0 Å². The lowest BCUT2D eigenvalue weighted by Crippen LogP contribution is -2.41. The Morgan fingerprint density at radius 1 is 1.47 bits per heavy atom. The van der Waals surface area contributed by atoms with E-state index in [4.69, 9.17) is 10.6 Å². The smallest absolute Gasteiger partial charge is 0.103 e. The van der Waals surface area contributed by atoms with Gasteiger partial charge in [0, 0.05) is 0 Å². The molecule has 1 heterocycles. The number of allylic oxidation sites excluding steroid dienone is 1. The molecular weight excluding hydrogens is 212 g/mol. The van der Waals surface area contributed by atoms with E-state index in [0.29, 0.717) is 0 Å². The number of nitrogens with two attached hydrogens (primary N) is 1. The molecule has 3 nitrogen and oxygen atoms in total. The van der Waals surface area contributed by atoms with Crippen LogP contribution in [0.4, 0.5) is 0 Å². The number of benzene rings is 1. The van der Waals surface area contributed by atoms with E-state index < -0.39 is 0 Å². The zero-order valence-corrected chi connectivity index (χ0v) is 10.4. The lowest BCUT2D eigenvalue weighted by molar-refractivity contribution is 0.0261. The van der Waals surface area contributed by atoms with Crippen LogP contribution in [0, 0.1) is 0 Å². The van der Waals surface area contributed by atoms with Crippen molar-refractivity contribution in [1.82, 2.24) is 5.43 Å². The van der Waals surface area contributed by atoms with Crippen LogP contribution in [-0.4, -0.2) is 12.6 Å². The van der Waals surface area contributed by atoms with Gasteiger partial charge in [-0.15, -0.1) is 0 Å². The number of fused-ring (bicyclic) bond motifs is 1. The molecule has 0 bridgehead atoms. The topological polar surface area (TPSA) is 47.3 Å². The highest BCUT2D eigenvalue weighted by molar-refractivity contribution is 5.33. The van der Waals surface area contributed by atoms with Crippen LogP contribution in [0.15, 0.2) is 35.9 Å². The molecule has 1 aliphatic heterocycles. The first-order chi connectivity index (χ1) is 8.22. The Morgan fingerprint density at radius 2 is 2.24 bits per heavy atom. The van der Waals surface area contributed by atoms with Crippen molar-refractivity contribution in [2.75, 3.05) is 6.61 Å². The fraction of sp³-hybridized carbons (Fsp3) is 0.429. The van der Waals surface area contributed by atoms with Crippen molar-refractivity contribution in [3.63, 3.8) is 0 Å². The van der Waals surface area contributed by atoms with Gasteiger partial charge in [-0.3, -0.25) is 11.3 Å². The van der Waals surface area contributed by atoms with E-state index in [-0.39, 0.29) is 12.1 Å². The van der Waals surface area contributed by atoms with Crippen LogP contribution in [0.2, 0.25) is 0 Å². The first kappa shape index (κ1) is 12.3. The Labute approximate surface area is 103 Å². The molecule has 0 radical (unpaired) electrons. The largest absolute Gasteiger partial charge is 0.371 e. The molecule has 17 heavy (non-hydrogen) atoms. The maximum Gasteiger partial charge on any atom is 0.103 e. The second kappa shape index (κ2) is 5.45. The summed E-state index contributed by atoms with van der Waals surface area (Å²) >= 11 is 0. The summed E-state index contributed by atoms with van der Waals surface area (Å²) in [7, 11) is 0. The van der Waals surface area contributed by atoms with Crippen molar-refractivity contribution in [3.05, 3.63) is 47.0 Å². The molecule has 2 unspecified atom stereocenters. The number of rotatable bonds is 3. The van der Waals surface area contributed by atoms with E-state index in [2.05, 4.69) is 49.6 Å². The molecule has 1 aromatic rings. The zero-order chi connectivity index (χ0) is 12.3. The van der Waals surface area contributed by atoms with Gasteiger partial charge in [-0.25, -0.2) is 0 Å². The van der Waals surface area contributed by atoms with Crippen LogP contribution in [0.25, 0.3) is 0 Å². The van der Waals surface area contributed by atoms with Crippen LogP contribution < -0.4 is 11.3 Å². The summed E-state index contributed by atoms with van der Waals surface area (Å²) in [5.74, 6) is 5.63. The third-order valence-electron chi connectivity index (χ3n) is 3.06. The highest BCUT2D eigenvalue weighted by atomic mass is 16.5. The monoisotopic (exact) mass is 232 g/mol. The molecule has 0 saturated carbocycles. The molecule has 0 aromatic heterocycles. The van der Waals surface area contributed by atoms with Crippen molar-refractivity contribution in [2.24, 2.45) is 5.84 Å². The van der Waals surface area contributed by atoms with E-state index >= 15 is 0 Å². The van der Waals surface area contributed by atoms with E-state index in [1.54, 1.807) is 0 Å². The first-order valence-corrected chi connectivity index (χ1v) is 6.03. The van der Waals surface area contributed by atoms with Gasteiger partial charge in [0.2, 0.25) is 0 Å². The van der Waals surface area contributed by atoms with Crippen molar-refractivity contribution >= 4 is 0 Å². The number of hydrazine groups is 1. The Balaban J connectivity index is 2.31. The summed E-state index contributed by atoms with van der Waals surface area (Å²) in [6.45, 7) is 4.90. The lowest BCUT2D eigenvalue weighted by Gasteiger charge is -2.31. The summed E-state index contributed by atoms with van der Waals surface area (Å²) in [4.78, 5) is 0. The molecule has 0 spiro atoms. The molecule has 0 aliphatic carbocycles. The second-order valence-electron chi connectivity index (χ2n) is 4.68. The fourth-order valence-electron chi connectivity index (χ4n) is 2.30. The second-order valence-corrected chi connectivity index (χ2v) is 4.68. The molecule has 92 valence electrons. The quantitative estimate of drug-likeness (QED) is 0.476. The Hall–Kier alpha value is -1.16. The summed E-state index contributed by atoms with van der Waals surface area (Å²) in [6, 6.07) is 8.45. The molecule has 0 saturated heterocycles. The average Bonchev–Trinajstić information content (AvgIpc) is 2.35. The molecule has 3 N–H and O–H groups in total. The van der Waals surface area contributed by atoms with Crippen LogP contribution >= 0.6 is 0 Å². The minimum Gasteiger partial charge on any atom is -0.371 e. The lowest BCUT2D eigenvalue weighted by atomic mass is 9.93. The molecule has 2 atom stereocenters. The van der Waals surface area contributed by atoms with Crippen LogP contribution in [0.5, 0.6) is 0 Å². The number of nitrogens with one attached hydrogen (secondary N) is 1. The molecular formula is C14H20N2O. The normalized spacial score (nSPS) is 20.5. The number of ether oxygens (including phenoxy) is 1. The van der Waals surface area contributed by atoms with Gasteiger partial charge in [0.15, 0.2) is 0 Å². The minimum atomic E-state index is 0.0137. The van der Waals surface area contributed by atoms with Crippen molar-refractivity contribution in [3.8, 4) is 0 Å². The summed E-state index contributed by atoms with van der Waals surface area (Å²) < 4.78 is 5.87. The van der Waals surface area contributed by atoms with Gasteiger partial charge in [-0.05, 0) is 31.4 Å². The minimum absolute atomic E-state index is 0.0137. The van der Waals surface area contributed by atoms with Gasteiger partial charge >= 0.3 is 0 Å². The van der Waals surface area contributed by atoms with Gasteiger partial charge in [-0.1, -0.05) is 35.9 Å². The predicted molar refractivity (Wildman–Crippen MR) is 69.4 cm³/mol. The standard InChI is InChI=1S/C14H20N2O/c1-10(2)9-13(16-15)14-12-6-4-3-5-11(12)7-8-17-14/h3-6,9,13-14,16H,7-8,15H2,1-2H3. The Morgan fingerprint density at radius 3 is 2.94 bits per heavy atom. The third kappa shape index (κ3) is 2.75. The Kier molecular flexibility index (Phi) is 3.94. The maximum atomic E-state index is 5.87. The number of hydrogen-bond acceptors (Lipinski definition) is 3. The average molecular weight is 232 g/mol. The number of hydrogen-bond donors (Lipinski definition) is 2. The highest BCUT2D eigenvalue weighted by Gasteiger charge is 2.26. The van der Waals surface area contributed by atoms with E-state index in [0.717, 1.165) is 13.0 Å². The first-order valence-electron chi connectivity index (χ1n) is 6.03. The SMILES string of the molecule is CC(C)=CC(NN)C1OCCc2ccccc21. The van der Waals surface area contributed by atoms with E-state index in [1.807, 2.05) is 0 Å². The molecule has 1 aliphatic rings. The van der Waals surface area contributed by atoms with Gasteiger partial charge < -0.3 is 4.74 Å². The molecule has 3 heteroatoms. The summed E-state index contributed by atoms with van der Waals surface area (Å²) in [5.41, 5.74) is 6.69. The molecule has 2 rings (SSSR count). The van der Waals surface area contributed by atoms with Crippen LogP contribution in [0.1, 0.15) is 31.1 Å². The summed E-state index contributed by atoms with van der Waals surface area (Å²) in [5, 5.41) is 0. The van der Waals surface area contributed by atoms with Crippen molar-refractivity contribution < 1.29 is 4.74 Å². The van der Waals surface area contributed by atoms with Crippen LogP contribution in [-0.2, 0) is 11.2 Å². The van der Waals surface area contributed by atoms with Crippen LogP contribution in [0.3, 0.4) is 0 Å². The maximum absolute atomic E-state index is 5.87. The molecule has 1 aromatic carbocycles. The summed E-state index contributed by atoms with van der Waals surface area (Å²) in [6.07, 6.45) is 3.12. The predicted octanol–water partition coefficient (Wildman–Crippen LogP) is 2.10. The Bertz CT molecular complexity index is 410. The van der Waals surface area contributed by atoms with Gasteiger partial charge in [0.25, 0.3) is 0 Å². The molecule has 0 fully saturated rings. The van der Waals surface area contributed by atoms with Crippen molar-refractivity contribution in [2.45, 2.75) is 32.4 Å².